The molecule has 1 atom stereocenters. The molecule has 1 heterocycles. The fourth-order valence-corrected chi connectivity index (χ4v) is 3.76. The van der Waals surface area contributed by atoms with Crippen LogP contribution < -0.4 is 0 Å². The minimum Gasteiger partial charge on any atom is -0.458 e. The lowest BCUT2D eigenvalue weighted by atomic mass is 10.1. The minimum atomic E-state index is -3.02. The van der Waals surface area contributed by atoms with E-state index in [1.165, 1.54) is 0 Å². The molecule has 1 saturated heterocycles. The van der Waals surface area contributed by atoms with Crippen LogP contribution >= 0.6 is 15.9 Å². The summed E-state index contributed by atoms with van der Waals surface area (Å²) in [4.78, 5) is 11.8. The summed E-state index contributed by atoms with van der Waals surface area (Å²) in [5.74, 6) is -0.438. The van der Waals surface area contributed by atoms with Gasteiger partial charge in [0.2, 0.25) is 0 Å². The number of sulfone groups is 1. The van der Waals surface area contributed by atoms with E-state index >= 15 is 0 Å². The quantitative estimate of drug-likeness (QED) is 0.778. The molecule has 4 nitrogen and oxygen atoms in total. The Morgan fingerprint density at radius 1 is 1.44 bits per heavy atom. The van der Waals surface area contributed by atoms with Crippen LogP contribution in [0.5, 0.6) is 0 Å². The van der Waals surface area contributed by atoms with Gasteiger partial charge in [-0.25, -0.2) is 13.2 Å². The second kappa shape index (κ2) is 5.01. The molecule has 0 saturated carbocycles. The summed E-state index contributed by atoms with van der Waals surface area (Å²) >= 11 is 3.34. The number of ether oxygens (including phenoxy) is 1. The molecule has 0 radical (unpaired) electrons. The zero-order valence-corrected chi connectivity index (χ0v) is 12.3. The number of esters is 1. The van der Waals surface area contributed by atoms with Gasteiger partial charge in [0, 0.05) is 4.47 Å². The van der Waals surface area contributed by atoms with Crippen LogP contribution in [0.3, 0.4) is 0 Å². The average Bonchev–Trinajstić information content (AvgIpc) is 2.62. The van der Waals surface area contributed by atoms with Crippen molar-refractivity contribution in [2.75, 3.05) is 11.5 Å². The largest absolute Gasteiger partial charge is 0.458 e. The van der Waals surface area contributed by atoms with Crippen molar-refractivity contribution in [2.24, 2.45) is 0 Å². The molecule has 1 aromatic carbocycles. The first-order valence-corrected chi connectivity index (χ1v) is 8.16. The van der Waals surface area contributed by atoms with Gasteiger partial charge < -0.3 is 4.74 Å². The van der Waals surface area contributed by atoms with Crippen molar-refractivity contribution < 1.29 is 17.9 Å². The lowest BCUT2D eigenvalue weighted by molar-refractivity contribution is 0.0356. The molecule has 98 valence electrons. The van der Waals surface area contributed by atoms with E-state index in [-0.39, 0.29) is 11.5 Å². The van der Waals surface area contributed by atoms with Crippen molar-refractivity contribution in [2.45, 2.75) is 19.4 Å². The number of hydrogen-bond donors (Lipinski definition) is 0. The Morgan fingerprint density at radius 2 is 2.17 bits per heavy atom. The molecule has 0 N–H and O–H groups in total. The molecule has 1 unspecified atom stereocenters. The third-order valence-electron chi connectivity index (χ3n) is 2.87. The standard InChI is InChI=1S/C12H13BrO4S/c1-8-2-3-9(6-11(8)13)12(14)17-10-4-5-18(15,16)7-10/h2-3,6,10H,4-5,7H2,1H3. The van der Waals surface area contributed by atoms with Crippen molar-refractivity contribution in [1.82, 2.24) is 0 Å². The Kier molecular flexibility index (Phi) is 3.77. The molecule has 0 amide bonds. The summed E-state index contributed by atoms with van der Waals surface area (Å²) in [5, 5.41) is 0. The smallest absolute Gasteiger partial charge is 0.338 e. The lowest BCUT2D eigenvalue weighted by Crippen LogP contribution is -2.19. The van der Waals surface area contributed by atoms with Gasteiger partial charge >= 0.3 is 5.97 Å². The second-order valence-electron chi connectivity index (χ2n) is 4.39. The highest BCUT2D eigenvalue weighted by atomic mass is 79.9. The van der Waals surface area contributed by atoms with E-state index in [1.54, 1.807) is 12.1 Å². The predicted molar refractivity (Wildman–Crippen MR) is 71.4 cm³/mol. The summed E-state index contributed by atoms with van der Waals surface area (Å²) in [7, 11) is -3.02. The Labute approximate surface area is 114 Å². The monoisotopic (exact) mass is 332 g/mol. The van der Waals surface area contributed by atoms with Crippen LogP contribution in [0.4, 0.5) is 0 Å². The van der Waals surface area contributed by atoms with E-state index in [0.29, 0.717) is 12.0 Å². The third-order valence-corrected chi connectivity index (χ3v) is 5.46. The fraction of sp³-hybridized carbons (Fsp3) is 0.417. The number of carbonyl (C=O) groups excluding carboxylic acids is 1. The van der Waals surface area contributed by atoms with Gasteiger partial charge in [-0.1, -0.05) is 22.0 Å². The molecular weight excluding hydrogens is 320 g/mol. The summed E-state index contributed by atoms with van der Waals surface area (Å²) in [6, 6.07) is 5.17. The summed E-state index contributed by atoms with van der Waals surface area (Å²) in [6.07, 6.45) is -0.122. The number of halogens is 1. The molecule has 1 fully saturated rings. The van der Waals surface area contributed by atoms with Gasteiger partial charge in [-0.2, -0.15) is 0 Å². The van der Waals surface area contributed by atoms with Crippen LogP contribution in [0, 0.1) is 6.92 Å². The number of hydrogen-bond acceptors (Lipinski definition) is 4. The van der Waals surface area contributed by atoms with E-state index in [4.69, 9.17) is 4.74 Å². The van der Waals surface area contributed by atoms with Crippen LogP contribution in [-0.2, 0) is 14.6 Å². The maximum Gasteiger partial charge on any atom is 0.338 e. The molecule has 6 heteroatoms. The molecule has 1 aliphatic rings. The van der Waals surface area contributed by atoms with Gasteiger partial charge in [0.1, 0.15) is 6.10 Å². The predicted octanol–water partition coefficient (Wildman–Crippen LogP) is 2.10. The van der Waals surface area contributed by atoms with Crippen molar-refractivity contribution in [3.63, 3.8) is 0 Å². The van der Waals surface area contributed by atoms with E-state index in [0.717, 1.165) is 10.0 Å². The van der Waals surface area contributed by atoms with Crippen LogP contribution in [-0.4, -0.2) is 32.0 Å². The average molecular weight is 333 g/mol. The molecule has 2 rings (SSSR count). The van der Waals surface area contributed by atoms with Crippen LogP contribution in [0.1, 0.15) is 22.3 Å². The molecule has 1 aliphatic heterocycles. The maximum absolute atomic E-state index is 11.8. The summed E-state index contributed by atoms with van der Waals surface area (Å²) < 4.78 is 28.5. The Bertz CT molecular complexity index is 580. The molecule has 18 heavy (non-hydrogen) atoms. The molecule has 0 bridgehead atoms. The highest BCUT2D eigenvalue weighted by Gasteiger charge is 2.30. The van der Waals surface area contributed by atoms with Gasteiger partial charge in [0.15, 0.2) is 9.84 Å². The Morgan fingerprint density at radius 3 is 2.72 bits per heavy atom. The Balaban J connectivity index is 2.06. The van der Waals surface area contributed by atoms with Crippen LogP contribution in [0.25, 0.3) is 0 Å². The number of aryl methyl sites for hydroxylation is 1. The molecule has 0 aliphatic carbocycles. The number of benzene rings is 1. The van der Waals surface area contributed by atoms with E-state index in [1.807, 2.05) is 13.0 Å². The van der Waals surface area contributed by atoms with Gasteiger partial charge in [0.25, 0.3) is 0 Å². The summed E-state index contributed by atoms with van der Waals surface area (Å²) in [5.41, 5.74) is 1.45. The molecule has 1 aromatic rings. The second-order valence-corrected chi connectivity index (χ2v) is 7.48. The fourth-order valence-electron chi connectivity index (χ4n) is 1.79. The zero-order valence-electron chi connectivity index (χ0n) is 9.85. The minimum absolute atomic E-state index is 0.0637. The van der Waals surface area contributed by atoms with Crippen LogP contribution in [0.15, 0.2) is 22.7 Å². The maximum atomic E-state index is 11.8. The van der Waals surface area contributed by atoms with E-state index < -0.39 is 21.9 Å². The van der Waals surface area contributed by atoms with Gasteiger partial charge in [0.05, 0.1) is 17.1 Å². The lowest BCUT2D eigenvalue weighted by Gasteiger charge is -2.10. The molecule has 0 aromatic heterocycles. The number of carbonyl (C=O) groups is 1. The van der Waals surface area contributed by atoms with Crippen molar-refractivity contribution >= 4 is 31.7 Å². The van der Waals surface area contributed by atoms with E-state index in [2.05, 4.69) is 15.9 Å². The van der Waals surface area contributed by atoms with Crippen molar-refractivity contribution in [1.29, 1.82) is 0 Å². The highest BCUT2D eigenvalue weighted by molar-refractivity contribution is 9.10. The first-order valence-electron chi connectivity index (χ1n) is 5.55. The highest BCUT2D eigenvalue weighted by Crippen LogP contribution is 2.20. The summed E-state index contributed by atoms with van der Waals surface area (Å²) in [6.45, 7) is 1.92. The topological polar surface area (TPSA) is 60.4 Å². The van der Waals surface area contributed by atoms with Gasteiger partial charge in [-0.3, -0.25) is 0 Å². The van der Waals surface area contributed by atoms with Crippen molar-refractivity contribution in [3.8, 4) is 0 Å². The Hall–Kier alpha value is -0.880. The van der Waals surface area contributed by atoms with Crippen molar-refractivity contribution in [3.05, 3.63) is 33.8 Å². The SMILES string of the molecule is Cc1ccc(C(=O)OC2CCS(=O)(=O)C2)cc1Br. The molecular formula is C12H13BrO4S. The molecule has 0 spiro atoms. The number of rotatable bonds is 2. The first kappa shape index (κ1) is 13.5. The van der Waals surface area contributed by atoms with Gasteiger partial charge in [-0.05, 0) is 31.0 Å². The first-order chi connectivity index (χ1) is 8.37. The van der Waals surface area contributed by atoms with E-state index in [9.17, 15) is 13.2 Å². The third kappa shape index (κ3) is 3.11. The van der Waals surface area contributed by atoms with Crippen LogP contribution in [0.2, 0.25) is 0 Å². The zero-order chi connectivity index (χ0) is 13.3. The van der Waals surface area contributed by atoms with Gasteiger partial charge in [-0.15, -0.1) is 0 Å². The normalized spacial score (nSPS) is 21.8.